The van der Waals surface area contributed by atoms with Crippen molar-refractivity contribution in [3.63, 3.8) is 0 Å². The molecule has 0 aliphatic carbocycles. The SMILES string of the molecule is CC(C)C(O)CCNC(=O)CCc1cccc(Br)c1. The molecule has 0 aliphatic heterocycles. The molecule has 3 nitrogen and oxygen atoms in total. The number of rotatable bonds is 7. The fourth-order valence-corrected chi connectivity index (χ4v) is 2.18. The van der Waals surface area contributed by atoms with Crippen LogP contribution in [0, 0.1) is 5.92 Å². The van der Waals surface area contributed by atoms with E-state index in [1.807, 2.05) is 38.1 Å². The summed E-state index contributed by atoms with van der Waals surface area (Å²) >= 11 is 3.41. The van der Waals surface area contributed by atoms with Crippen molar-refractivity contribution < 1.29 is 9.90 Å². The van der Waals surface area contributed by atoms with Gasteiger partial charge in [0.05, 0.1) is 6.10 Å². The second-order valence-electron chi connectivity index (χ2n) is 5.08. The molecule has 0 fully saturated rings. The zero-order valence-electron chi connectivity index (χ0n) is 11.5. The van der Waals surface area contributed by atoms with Crippen LogP contribution in [-0.2, 0) is 11.2 Å². The lowest BCUT2D eigenvalue weighted by Gasteiger charge is -2.14. The first-order valence-corrected chi connectivity index (χ1v) is 7.47. The number of carbonyl (C=O) groups excluding carboxylic acids is 1. The summed E-state index contributed by atoms with van der Waals surface area (Å²) in [7, 11) is 0. The molecule has 4 heteroatoms. The van der Waals surface area contributed by atoms with Crippen LogP contribution >= 0.6 is 15.9 Å². The van der Waals surface area contributed by atoms with Gasteiger partial charge in [-0.3, -0.25) is 4.79 Å². The molecule has 0 aromatic heterocycles. The minimum atomic E-state index is -0.342. The highest BCUT2D eigenvalue weighted by Crippen LogP contribution is 2.13. The summed E-state index contributed by atoms with van der Waals surface area (Å²) in [6.45, 7) is 4.48. The molecule has 0 radical (unpaired) electrons. The number of aryl methyl sites for hydroxylation is 1. The van der Waals surface area contributed by atoms with Gasteiger partial charge in [0, 0.05) is 17.4 Å². The summed E-state index contributed by atoms with van der Waals surface area (Å²) in [4.78, 5) is 11.6. The Morgan fingerprint density at radius 3 is 2.79 bits per heavy atom. The first-order chi connectivity index (χ1) is 8.99. The molecule has 106 valence electrons. The second-order valence-corrected chi connectivity index (χ2v) is 6.00. The van der Waals surface area contributed by atoms with E-state index in [4.69, 9.17) is 0 Å². The maximum absolute atomic E-state index is 11.6. The Morgan fingerprint density at radius 1 is 1.42 bits per heavy atom. The monoisotopic (exact) mass is 327 g/mol. The van der Waals surface area contributed by atoms with Crippen molar-refractivity contribution in [2.75, 3.05) is 6.54 Å². The maximum Gasteiger partial charge on any atom is 0.220 e. The molecule has 0 spiro atoms. The van der Waals surface area contributed by atoms with Crippen molar-refractivity contribution in [1.29, 1.82) is 0 Å². The predicted molar refractivity (Wildman–Crippen MR) is 80.9 cm³/mol. The van der Waals surface area contributed by atoms with Gasteiger partial charge >= 0.3 is 0 Å². The quantitative estimate of drug-likeness (QED) is 0.809. The van der Waals surface area contributed by atoms with Crippen LogP contribution in [0.4, 0.5) is 0 Å². The van der Waals surface area contributed by atoms with E-state index in [1.54, 1.807) is 0 Å². The molecule has 0 bridgehead atoms. The Hall–Kier alpha value is -0.870. The molecule has 1 amide bonds. The van der Waals surface area contributed by atoms with E-state index in [2.05, 4.69) is 21.2 Å². The average Bonchev–Trinajstić information content (AvgIpc) is 2.36. The van der Waals surface area contributed by atoms with Crippen molar-refractivity contribution in [3.05, 3.63) is 34.3 Å². The Bertz CT molecular complexity index is 407. The van der Waals surface area contributed by atoms with Gasteiger partial charge in [0.2, 0.25) is 5.91 Å². The smallest absolute Gasteiger partial charge is 0.220 e. The first kappa shape index (κ1) is 16.2. The number of halogens is 1. The molecule has 0 saturated carbocycles. The minimum Gasteiger partial charge on any atom is -0.393 e. The van der Waals surface area contributed by atoms with Gasteiger partial charge in [-0.2, -0.15) is 0 Å². The van der Waals surface area contributed by atoms with Crippen LogP contribution in [0.3, 0.4) is 0 Å². The van der Waals surface area contributed by atoms with Gasteiger partial charge in [-0.25, -0.2) is 0 Å². The molecule has 1 aromatic rings. The average molecular weight is 328 g/mol. The highest BCUT2D eigenvalue weighted by Gasteiger charge is 2.09. The van der Waals surface area contributed by atoms with E-state index in [0.29, 0.717) is 19.4 Å². The van der Waals surface area contributed by atoms with Crippen molar-refractivity contribution in [1.82, 2.24) is 5.32 Å². The Labute approximate surface area is 123 Å². The Balaban J connectivity index is 2.21. The van der Waals surface area contributed by atoms with Gasteiger partial charge in [-0.1, -0.05) is 41.9 Å². The van der Waals surface area contributed by atoms with E-state index in [-0.39, 0.29) is 17.9 Å². The van der Waals surface area contributed by atoms with Crippen LogP contribution in [0.2, 0.25) is 0 Å². The molecule has 0 saturated heterocycles. The standard InChI is InChI=1S/C15H22BrNO2/c1-11(2)14(18)8-9-17-15(19)7-6-12-4-3-5-13(16)10-12/h3-5,10-11,14,18H,6-9H2,1-2H3,(H,17,19). The van der Waals surface area contributed by atoms with Crippen LogP contribution in [0.5, 0.6) is 0 Å². The molecule has 1 aromatic carbocycles. The van der Waals surface area contributed by atoms with Gasteiger partial charge in [-0.05, 0) is 36.5 Å². The number of nitrogens with one attached hydrogen (secondary N) is 1. The van der Waals surface area contributed by atoms with E-state index >= 15 is 0 Å². The Morgan fingerprint density at radius 2 is 2.16 bits per heavy atom. The lowest BCUT2D eigenvalue weighted by molar-refractivity contribution is -0.121. The summed E-state index contributed by atoms with van der Waals surface area (Å²) in [5.74, 6) is 0.273. The van der Waals surface area contributed by atoms with E-state index in [0.717, 1.165) is 16.5 Å². The summed E-state index contributed by atoms with van der Waals surface area (Å²) in [6.07, 6.45) is 1.48. The Kier molecular flexibility index (Phi) is 7.10. The fourth-order valence-electron chi connectivity index (χ4n) is 1.73. The molecular weight excluding hydrogens is 306 g/mol. The van der Waals surface area contributed by atoms with E-state index < -0.39 is 0 Å². The van der Waals surface area contributed by atoms with Gasteiger partial charge < -0.3 is 10.4 Å². The maximum atomic E-state index is 11.6. The van der Waals surface area contributed by atoms with Crippen LogP contribution in [0.1, 0.15) is 32.3 Å². The zero-order chi connectivity index (χ0) is 14.3. The van der Waals surface area contributed by atoms with Crippen molar-refractivity contribution in [2.45, 2.75) is 39.2 Å². The molecule has 1 rings (SSSR count). The van der Waals surface area contributed by atoms with E-state index in [1.165, 1.54) is 0 Å². The summed E-state index contributed by atoms with van der Waals surface area (Å²) in [5, 5.41) is 12.5. The van der Waals surface area contributed by atoms with E-state index in [9.17, 15) is 9.90 Å². The number of benzene rings is 1. The van der Waals surface area contributed by atoms with Crippen molar-refractivity contribution in [3.8, 4) is 0 Å². The van der Waals surface area contributed by atoms with Gasteiger partial charge in [0.15, 0.2) is 0 Å². The highest BCUT2D eigenvalue weighted by atomic mass is 79.9. The van der Waals surface area contributed by atoms with Crippen molar-refractivity contribution in [2.24, 2.45) is 5.92 Å². The first-order valence-electron chi connectivity index (χ1n) is 6.68. The highest BCUT2D eigenvalue weighted by molar-refractivity contribution is 9.10. The van der Waals surface area contributed by atoms with Gasteiger partial charge in [0.25, 0.3) is 0 Å². The number of hydrogen-bond donors (Lipinski definition) is 2. The number of amides is 1. The minimum absolute atomic E-state index is 0.0379. The van der Waals surface area contributed by atoms with Crippen LogP contribution in [0.15, 0.2) is 28.7 Å². The predicted octanol–water partition coefficient (Wildman–Crippen LogP) is 2.90. The normalized spacial score (nSPS) is 12.5. The topological polar surface area (TPSA) is 49.3 Å². The van der Waals surface area contributed by atoms with Crippen molar-refractivity contribution >= 4 is 21.8 Å². The number of aliphatic hydroxyl groups excluding tert-OH is 1. The largest absolute Gasteiger partial charge is 0.393 e. The molecule has 1 atom stereocenters. The fraction of sp³-hybridized carbons (Fsp3) is 0.533. The third-order valence-electron chi connectivity index (χ3n) is 3.06. The third kappa shape index (κ3) is 6.73. The van der Waals surface area contributed by atoms with Gasteiger partial charge in [0.1, 0.15) is 0 Å². The molecule has 0 heterocycles. The molecule has 1 unspecified atom stereocenters. The molecular formula is C15H22BrNO2. The molecule has 2 N–H and O–H groups in total. The number of hydrogen-bond acceptors (Lipinski definition) is 2. The van der Waals surface area contributed by atoms with Gasteiger partial charge in [-0.15, -0.1) is 0 Å². The van der Waals surface area contributed by atoms with Crippen LogP contribution < -0.4 is 5.32 Å². The van der Waals surface area contributed by atoms with Crippen LogP contribution in [-0.4, -0.2) is 23.7 Å². The van der Waals surface area contributed by atoms with Crippen LogP contribution in [0.25, 0.3) is 0 Å². The lowest BCUT2D eigenvalue weighted by Crippen LogP contribution is -2.28. The number of aliphatic hydroxyl groups is 1. The summed E-state index contributed by atoms with van der Waals surface area (Å²) < 4.78 is 1.03. The summed E-state index contributed by atoms with van der Waals surface area (Å²) in [5.41, 5.74) is 1.15. The zero-order valence-corrected chi connectivity index (χ0v) is 13.1. The third-order valence-corrected chi connectivity index (χ3v) is 3.55. The molecule has 19 heavy (non-hydrogen) atoms. The molecule has 0 aliphatic rings. The number of carbonyl (C=O) groups is 1. The lowest BCUT2D eigenvalue weighted by atomic mass is 10.0. The summed E-state index contributed by atoms with van der Waals surface area (Å²) in [6, 6.07) is 7.98. The second kappa shape index (κ2) is 8.33.